The first-order valence-corrected chi connectivity index (χ1v) is 6.87. The minimum atomic E-state index is 0.985. The van der Waals surface area contributed by atoms with Gasteiger partial charge in [-0.3, -0.25) is 0 Å². The summed E-state index contributed by atoms with van der Waals surface area (Å²) in [6, 6.07) is 19.5. The van der Waals surface area contributed by atoms with Crippen molar-refractivity contribution in [3.05, 3.63) is 89.5 Å². The summed E-state index contributed by atoms with van der Waals surface area (Å²) >= 11 is 0. The number of aryl methyl sites for hydroxylation is 1. The topological polar surface area (TPSA) is 0 Å². The number of hydrogen-bond acceptors (Lipinski definition) is 0. The van der Waals surface area contributed by atoms with Gasteiger partial charge >= 0.3 is 0 Å². The van der Waals surface area contributed by atoms with Gasteiger partial charge in [-0.15, -0.1) is 6.58 Å². The molecule has 0 atom stereocenters. The Morgan fingerprint density at radius 1 is 0.895 bits per heavy atom. The predicted molar refractivity (Wildman–Crippen MR) is 82.0 cm³/mol. The van der Waals surface area contributed by atoms with Gasteiger partial charge in [-0.2, -0.15) is 0 Å². The largest absolute Gasteiger partial charge is 0.103 e. The van der Waals surface area contributed by atoms with Gasteiger partial charge in [0.1, 0.15) is 0 Å². The third-order valence-corrected chi connectivity index (χ3v) is 3.79. The SMILES string of the molecule is C=CCC1=C(c2ccccc2)c2ccccc2CC1. The van der Waals surface area contributed by atoms with Crippen LogP contribution in [-0.4, -0.2) is 0 Å². The summed E-state index contributed by atoms with van der Waals surface area (Å²) < 4.78 is 0. The van der Waals surface area contributed by atoms with E-state index in [2.05, 4.69) is 61.2 Å². The highest BCUT2D eigenvalue weighted by Gasteiger charge is 2.18. The standard InChI is InChI=1S/C19H18/c1-2-8-16-14-13-15-9-6-7-12-18(15)19(16)17-10-4-3-5-11-17/h2-7,9-12H,1,8,13-14H2. The maximum Gasteiger partial charge on any atom is -0.0113 e. The zero-order chi connectivity index (χ0) is 13.1. The van der Waals surface area contributed by atoms with E-state index in [-0.39, 0.29) is 0 Å². The average Bonchev–Trinajstić information content (AvgIpc) is 2.48. The lowest BCUT2D eigenvalue weighted by molar-refractivity contribution is 0.891. The first-order valence-electron chi connectivity index (χ1n) is 6.87. The molecule has 0 saturated carbocycles. The molecule has 0 N–H and O–H groups in total. The Hall–Kier alpha value is -2.08. The summed E-state index contributed by atoms with van der Waals surface area (Å²) in [4.78, 5) is 0. The second-order valence-corrected chi connectivity index (χ2v) is 4.99. The first kappa shape index (κ1) is 12.0. The fraction of sp³-hybridized carbons (Fsp3) is 0.158. The molecule has 0 spiro atoms. The van der Waals surface area contributed by atoms with Crippen molar-refractivity contribution in [2.45, 2.75) is 19.3 Å². The van der Waals surface area contributed by atoms with E-state index in [9.17, 15) is 0 Å². The lowest BCUT2D eigenvalue weighted by Gasteiger charge is -2.23. The molecular weight excluding hydrogens is 228 g/mol. The molecule has 0 heteroatoms. The summed E-state index contributed by atoms with van der Waals surface area (Å²) in [6.45, 7) is 3.90. The molecule has 19 heavy (non-hydrogen) atoms. The summed E-state index contributed by atoms with van der Waals surface area (Å²) in [6.07, 6.45) is 5.30. The lowest BCUT2D eigenvalue weighted by atomic mass is 9.81. The molecule has 0 fully saturated rings. The van der Waals surface area contributed by atoms with E-state index < -0.39 is 0 Å². The molecule has 0 aromatic heterocycles. The summed E-state index contributed by atoms with van der Waals surface area (Å²) in [7, 11) is 0. The molecule has 0 aliphatic heterocycles. The number of hydrogen-bond donors (Lipinski definition) is 0. The fourth-order valence-electron chi connectivity index (χ4n) is 2.93. The molecular formula is C19H18. The van der Waals surface area contributed by atoms with Crippen LogP contribution in [0.25, 0.3) is 5.57 Å². The first-order chi connectivity index (χ1) is 9.40. The maximum atomic E-state index is 3.90. The zero-order valence-corrected chi connectivity index (χ0v) is 11.1. The van der Waals surface area contributed by atoms with E-state index in [1.807, 2.05) is 6.08 Å². The van der Waals surface area contributed by atoms with Gasteiger partial charge in [0.25, 0.3) is 0 Å². The Morgan fingerprint density at radius 2 is 1.63 bits per heavy atom. The highest BCUT2D eigenvalue weighted by molar-refractivity contribution is 5.85. The van der Waals surface area contributed by atoms with E-state index in [0.717, 1.165) is 19.3 Å². The molecule has 0 saturated heterocycles. The van der Waals surface area contributed by atoms with Gasteiger partial charge in [0.05, 0.1) is 0 Å². The van der Waals surface area contributed by atoms with Gasteiger partial charge in [-0.25, -0.2) is 0 Å². The maximum absolute atomic E-state index is 3.90. The molecule has 0 unspecified atom stereocenters. The normalized spacial score (nSPS) is 14.1. The summed E-state index contributed by atoms with van der Waals surface area (Å²) in [5, 5.41) is 0. The Kier molecular flexibility index (Phi) is 3.33. The minimum Gasteiger partial charge on any atom is -0.103 e. The fourth-order valence-corrected chi connectivity index (χ4v) is 2.93. The molecule has 1 aliphatic rings. The molecule has 1 aliphatic carbocycles. The van der Waals surface area contributed by atoms with Gasteiger partial charge < -0.3 is 0 Å². The monoisotopic (exact) mass is 246 g/mol. The predicted octanol–water partition coefficient (Wildman–Crippen LogP) is 5.01. The van der Waals surface area contributed by atoms with Crippen LogP contribution in [0.3, 0.4) is 0 Å². The third kappa shape index (κ3) is 2.26. The number of fused-ring (bicyclic) bond motifs is 1. The Balaban J connectivity index is 2.20. The quantitative estimate of drug-likeness (QED) is 0.668. The zero-order valence-electron chi connectivity index (χ0n) is 11.1. The summed E-state index contributed by atoms with van der Waals surface area (Å²) in [5.41, 5.74) is 7.12. The van der Waals surface area contributed by atoms with E-state index in [0.29, 0.717) is 0 Å². The van der Waals surface area contributed by atoms with Crippen LogP contribution in [0.15, 0.2) is 72.8 Å². The van der Waals surface area contributed by atoms with Crippen LogP contribution < -0.4 is 0 Å². The van der Waals surface area contributed by atoms with Crippen LogP contribution in [0.1, 0.15) is 29.5 Å². The Bertz CT molecular complexity index is 617. The average molecular weight is 246 g/mol. The van der Waals surface area contributed by atoms with E-state index in [1.165, 1.54) is 27.8 Å². The van der Waals surface area contributed by atoms with Gasteiger partial charge in [-0.05, 0) is 41.5 Å². The van der Waals surface area contributed by atoms with E-state index in [1.54, 1.807) is 0 Å². The van der Waals surface area contributed by atoms with Crippen molar-refractivity contribution in [3.8, 4) is 0 Å². The van der Waals surface area contributed by atoms with Crippen molar-refractivity contribution in [3.63, 3.8) is 0 Å². The van der Waals surface area contributed by atoms with Crippen LogP contribution in [0.2, 0.25) is 0 Å². The smallest absolute Gasteiger partial charge is 0.0113 e. The van der Waals surface area contributed by atoms with Crippen molar-refractivity contribution in [2.75, 3.05) is 0 Å². The highest BCUT2D eigenvalue weighted by Crippen LogP contribution is 2.37. The third-order valence-electron chi connectivity index (χ3n) is 3.79. The number of allylic oxidation sites excluding steroid dienone is 2. The van der Waals surface area contributed by atoms with Gasteiger partial charge in [-0.1, -0.05) is 66.2 Å². The van der Waals surface area contributed by atoms with Crippen molar-refractivity contribution in [1.82, 2.24) is 0 Å². The summed E-state index contributed by atoms with van der Waals surface area (Å²) in [5.74, 6) is 0. The number of rotatable bonds is 3. The second kappa shape index (κ2) is 5.27. The van der Waals surface area contributed by atoms with Crippen LogP contribution in [0, 0.1) is 0 Å². The molecule has 0 bridgehead atoms. The van der Waals surface area contributed by atoms with Gasteiger partial charge in [0.2, 0.25) is 0 Å². The second-order valence-electron chi connectivity index (χ2n) is 4.99. The van der Waals surface area contributed by atoms with Crippen molar-refractivity contribution in [1.29, 1.82) is 0 Å². The lowest BCUT2D eigenvalue weighted by Crippen LogP contribution is -2.06. The van der Waals surface area contributed by atoms with Crippen molar-refractivity contribution in [2.24, 2.45) is 0 Å². The van der Waals surface area contributed by atoms with Crippen LogP contribution >= 0.6 is 0 Å². The Labute approximate surface area is 115 Å². The van der Waals surface area contributed by atoms with Gasteiger partial charge in [0, 0.05) is 0 Å². The molecule has 0 radical (unpaired) electrons. The molecule has 0 heterocycles. The molecule has 0 amide bonds. The van der Waals surface area contributed by atoms with E-state index in [4.69, 9.17) is 0 Å². The Morgan fingerprint density at radius 3 is 2.42 bits per heavy atom. The van der Waals surface area contributed by atoms with Crippen LogP contribution in [0.5, 0.6) is 0 Å². The molecule has 2 aromatic carbocycles. The molecule has 2 aromatic rings. The van der Waals surface area contributed by atoms with Gasteiger partial charge in [0.15, 0.2) is 0 Å². The van der Waals surface area contributed by atoms with E-state index >= 15 is 0 Å². The minimum absolute atomic E-state index is 0.985. The van der Waals surface area contributed by atoms with Crippen LogP contribution in [-0.2, 0) is 6.42 Å². The highest BCUT2D eigenvalue weighted by atomic mass is 14.2. The van der Waals surface area contributed by atoms with Crippen molar-refractivity contribution < 1.29 is 0 Å². The molecule has 3 rings (SSSR count). The number of benzene rings is 2. The van der Waals surface area contributed by atoms with Crippen LogP contribution in [0.4, 0.5) is 0 Å². The molecule has 0 nitrogen and oxygen atoms in total. The van der Waals surface area contributed by atoms with Crippen molar-refractivity contribution >= 4 is 5.57 Å². The molecule has 94 valence electrons.